The Morgan fingerprint density at radius 1 is 1.35 bits per heavy atom. The fourth-order valence-corrected chi connectivity index (χ4v) is 1.98. The molecule has 1 aromatic rings. The molecule has 0 aromatic carbocycles. The van der Waals surface area contributed by atoms with Crippen molar-refractivity contribution in [3.8, 4) is 0 Å². The first-order valence-corrected chi connectivity index (χ1v) is 7.11. The number of halogens is 1. The van der Waals surface area contributed by atoms with Gasteiger partial charge in [0.1, 0.15) is 15.9 Å². The van der Waals surface area contributed by atoms with E-state index in [0.717, 1.165) is 5.56 Å². The Hall–Kier alpha value is -1.43. The van der Waals surface area contributed by atoms with Crippen LogP contribution < -0.4 is 5.32 Å². The third-order valence-corrected chi connectivity index (χ3v) is 2.70. The average Bonchev–Trinajstić information content (AvgIpc) is 2.25. The van der Waals surface area contributed by atoms with Crippen LogP contribution in [0.4, 0.5) is 4.79 Å². The minimum Gasteiger partial charge on any atom is -0.444 e. The van der Waals surface area contributed by atoms with Crippen LogP contribution in [0.5, 0.6) is 0 Å². The van der Waals surface area contributed by atoms with Gasteiger partial charge >= 0.3 is 6.09 Å². The summed E-state index contributed by atoms with van der Waals surface area (Å²) >= 11 is 3.27. The summed E-state index contributed by atoms with van der Waals surface area (Å²) in [6, 6.07) is 3.55. The summed E-state index contributed by atoms with van der Waals surface area (Å²) < 4.78 is 5.74. The zero-order valence-corrected chi connectivity index (χ0v) is 13.7. The van der Waals surface area contributed by atoms with E-state index in [4.69, 9.17) is 4.74 Å². The van der Waals surface area contributed by atoms with E-state index in [9.17, 15) is 9.59 Å². The zero-order chi connectivity index (χ0) is 15.3. The predicted molar refractivity (Wildman–Crippen MR) is 79.9 cm³/mol. The number of hydrogen-bond acceptors (Lipinski definition) is 4. The van der Waals surface area contributed by atoms with Gasteiger partial charge in [0.2, 0.25) is 0 Å². The normalized spacial score (nSPS) is 11.1. The summed E-state index contributed by atoms with van der Waals surface area (Å²) in [6.07, 6.45) is 0.151. The lowest BCUT2D eigenvalue weighted by molar-refractivity contribution is 0.0528. The highest BCUT2D eigenvalue weighted by Crippen LogP contribution is 2.13. The maximum atomic E-state index is 11.5. The fraction of sp³-hybridized carbons (Fsp3) is 0.500. The zero-order valence-electron chi connectivity index (χ0n) is 12.1. The number of pyridine rings is 1. The molecule has 1 N–H and O–H groups in total. The number of Topliss-reactive ketones (excluding diaryl/α,β-unsaturated/α-hetero) is 1. The number of carbonyl (C=O) groups is 2. The summed E-state index contributed by atoms with van der Waals surface area (Å²) in [5.74, 6) is -0.0901. The minimum absolute atomic E-state index is 0.0901. The van der Waals surface area contributed by atoms with E-state index < -0.39 is 11.7 Å². The molecule has 0 fully saturated rings. The monoisotopic (exact) mass is 342 g/mol. The molecule has 0 atom stereocenters. The van der Waals surface area contributed by atoms with E-state index in [-0.39, 0.29) is 5.78 Å². The molecule has 0 bridgehead atoms. The number of nitrogens with zero attached hydrogens (tertiary/aromatic N) is 1. The van der Waals surface area contributed by atoms with Crippen molar-refractivity contribution in [3.63, 3.8) is 0 Å². The van der Waals surface area contributed by atoms with Crippen molar-refractivity contribution < 1.29 is 14.3 Å². The second-order valence-corrected chi connectivity index (χ2v) is 6.23. The summed E-state index contributed by atoms with van der Waals surface area (Å²) in [4.78, 5) is 26.9. The standard InChI is InChI=1S/C14H19BrN2O3/c1-9(18)11-7-10(8-12(15)17-11)5-6-16-13(19)20-14(2,3)4/h7-8H,5-6H2,1-4H3,(H,16,19). The molecule has 110 valence electrons. The molecule has 0 unspecified atom stereocenters. The molecule has 1 rings (SSSR count). The molecule has 0 aliphatic rings. The molecule has 5 nitrogen and oxygen atoms in total. The van der Waals surface area contributed by atoms with E-state index >= 15 is 0 Å². The van der Waals surface area contributed by atoms with Crippen LogP contribution >= 0.6 is 15.9 Å². The van der Waals surface area contributed by atoms with Gasteiger partial charge in [0, 0.05) is 13.5 Å². The minimum atomic E-state index is -0.508. The Labute approximate surface area is 127 Å². The summed E-state index contributed by atoms with van der Waals surface area (Å²) in [5, 5.41) is 2.67. The number of rotatable bonds is 4. The summed E-state index contributed by atoms with van der Waals surface area (Å²) in [5.41, 5.74) is 0.825. The first-order valence-electron chi connectivity index (χ1n) is 6.31. The van der Waals surface area contributed by atoms with Gasteiger partial charge in [-0.25, -0.2) is 9.78 Å². The lowest BCUT2D eigenvalue weighted by Crippen LogP contribution is -2.33. The molecule has 0 saturated carbocycles. The number of alkyl carbamates (subject to hydrolysis) is 1. The fourth-order valence-electron chi connectivity index (χ4n) is 1.50. The van der Waals surface area contributed by atoms with Gasteiger partial charge in [0.05, 0.1) is 0 Å². The molecule has 1 aromatic heterocycles. The van der Waals surface area contributed by atoms with Crippen molar-refractivity contribution >= 4 is 27.8 Å². The molecule has 20 heavy (non-hydrogen) atoms. The van der Waals surface area contributed by atoms with Crippen LogP contribution in [0.1, 0.15) is 43.7 Å². The number of nitrogens with one attached hydrogen (secondary N) is 1. The highest BCUT2D eigenvalue weighted by Gasteiger charge is 2.15. The van der Waals surface area contributed by atoms with Crippen LogP contribution in [0.2, 0.25) is 0 Å². The highest BCUT2D eigenvalue weighted by atomic mass is 79.9. The number of hydrogen-bond donors (Lipinski definition) is 1. The topological polar surface area (TPSA) is 68.3 Å². The Morgan fingerprint density at radius 2 is 2.00 bits per heavy atom. The smallest absolute Gasteiger partial charge is 0.407 e. The Kier molecular flexibility index (Phi) is 5.68. The SMILES string of the molecule is CC(=O)c1cc(CCNC(=O)OC(C)(C)C)cc(Br)n1. The van der Waals surface area contributed by atoms with Gasteiger partial charge in [-0.15, -0.1) is 0 Å². The third kappa shape index (κ3) is 6.14. The van der Waals surface area contributed by atoms with E-state index in [2.05, 4.69) is 26.2 Å². The average molecular weight is 343 g/mol. The van der Waals surface area contributed by atoms with E-state index in [1.807, 2.05) is 26.8 Å². The molecule has 0 aliphatic carbocycles. The van der Waals surface area contributed by atoms with E-state index in [0.29, 0.717) is 23.3 Å². The quantitative estimate of drug-likeness (QED) is 0.674. The summed E-state index contributed by atoms with van der Waals surface area (Å²) in [6.45, 7) is 7.34. The van der Waals surface area contributed by atoms with Gasteiger partial charge in [-0.2, -0.15) is 0 Å². The van der Waals surface area contributed by atoms with Gasteiger partial charge < -0.3 is 10.1 Å². The largest absolute Gasteiger partial charge is 0.444 e. The molecule has 0 aliphatic heterocycles. The van der Waals surface area contributed by atoms with Gasteiger partial charge in [-0.1, -0.05) is 0 Å². The van der Waals surface area contributed by atoms with Crippen molar-refractivity contribution in [3.05, 3.63) is 28.0 Å². The second-order valence-electron chi connectivity index (χ2n) is 5.42. The van der Waals surface area contributed by atoms with Crippen molar-refractivity contribution in [1.29, 1.82) is 0 Å². The lowest BCUT2D eigenvalue weighted by Gasteiger charge is -2.19. The van der Waals surface area contributed by atoms with Crippen molar-refractivity contribution in [2.75, 3.05) is 6.54 Å². The Morgan fingerprint density at radius 3 is 2.55 bits per heavy atom. The molecular weight excluding hydrogens is 324 g/mol. The highest BCUT2D eigenvalue weighted by molar-refractivity contribution is 9.10. The molecule has 1 heterocycles. The molecule has 1 amide bonds. The van der Waals surface area contributed by atoms with Gasteiger partial charge in [-0.3, -0.25) is 4.79 Å². The number of ketones is 1. The maximum Gasteiger partial charge on any atom is 0.407 e. The van der Waals surface area contributed by atoms with Crippen LogP contribution in [-0.2, 0) is 11.2 Å². The first-order chi connectivity index (χ1) is 9.17. The molecular formula is C14H19BrN2O3. The van der Waals surface area contributed by atoms with Crippen LogP contribution in [0.15, 0.2) is 16.7 Å². The van der Waals surface area contributed by atoms with E-state index in [1.165, 1.54) is 6.92 Å². The molecule has 0 spiro atoms. The number of aromatic nitrogens is 1. The summed E-state index contributed by atoms with van der Waals surface area (Å²) in [7, 11) is 0. The van der Waals surface area contributed by atoms with Crippen molar-refractivity contribution in [2.24, 2.45) is 0 Å². The van der Waals surface area contributed by atoms with Gasteiger partial charge in [-0.05, 0) is 60.8 Å². The third-order valence-electron chi connectivity index (χ3n) is 2.30. The molecule has 6 heteroatoms. The van der Waals surface area contributed by atoms with Crippen molar-refractivity contribution in [2.45, 2.75) is 39.7 Å². The molecule has 0 saturated heterocycles. The van der Waals surface area contributed by atoms with Gasteiger partial charge in [0.25, 0.3) is 0 Å². The Balaban J connectivity index is 2.54. The van der Waals surface area contributed by atoms with Crippen LogP contribution in [0.3, 0.4) is 0 Å². The van der Waals surface area contributed by atoms with Crippen LogP contribution in [0, 0.1) is 0 Å². The first kappa shape index (κ1) is 16.6. The predicted octanol–water partition coefficient (Wildman–Crippen LogP) is 3.11. The number of ether oxygens (including phenoxy) is 1. The Bertz CT molecular complexity index is 510. The van der Waals surface area contributed by atoms with Crippen LogP contribution in [0.25, 0.3) is 0 Å². The molecule has 0 radical (unpaired) electrons. The lowest BCUT2D eigenvalue weighted by atomic mass is 10.1. The van der Waals surface area contributed by atoms with Crippen LogP contribution in [-0.4, -0.2) is 29.0 Å². The van der Waals surface area contributed by atoms with E-state index in [1.54, 1.807) is 6.07 Å². The van der Waals surface area contributed by atoms with Crippen molar-refractivity contribution in [1.82, 2.24) is 10.3 Å². The number of amides is 1. The maximum absolute atomic E-state index is 11.5. The van der Waals surface area contributed by atoms with Gasteiger partial charge in [0.15, 0.2) is 5.78 Å². The number of carbonyl (C=O) groups excluding carboxylic acids is 2. The second kappa shape index (κ2) is 6.83.